The van der Waals surface area contributed by atoms with E-state index in [0.29, 0.717) is 12.1 Å². The molecule has 0 unspecified atom stereocenters. The van der Waals surface area contributed by atoms with Crippen LogP contribution in [0.25, 0.3) is 5.69 Å². The molecule has 0 aliphatic carbocycles. The summed E-state index contributed by atoms with van der Waals surface area (Å²) in [5.74, 6) is -2.15. The first-order valence-electron chi connectivity index (χ1n) is 5.35. The van der Waals surface area contributed by atoms with Gasteiger partial charge in [-0.05, 0) is 23.1 Å². The van der Waals surface area contributed by atoms with E-state index in [4.69, 9.17) is 5.11 Å². The fourth-order valence-corrected chi connectivity index (χ4v) is 1.63. The van der Waals surface area contributed by atoms with E-state index in [9.17, 15) is 28.1 Å². The molecule has 0 spiro atoms. The van der Waals surface area contributed by atoms with Crippen LogP contribution in [0, 0.1) is 10.1 Å². The topological polar surface area (TPSA) is 98.3 Å². The Morgan fingerprint density at radius 3 is 2.48 bits per heavy atom. The van der Waals surface area contributed by atoms with Gasteiger partial charge in [-0.2, -0.15) is 13.2 Å². The van der Waals surface area contributed by atoms with Crippen LogP contribution in [0.1, 0.15) is 15.9 Å². The van der Waals surface area contributed by atoms with Gasteiger partial charge in [0.2, 0.25) is 0 Å². The number of aromatic carboxylic acids is 1. The van der Waals surface area contributed by atoms with Gasteiger partial charge < -0.3 is 15.2 Å². The Bertz CT molecular complexity index is 724. The summed E-state index contributed by atoms with van der Waals surface area (Å²) in [5, 5.41) is 23.0. The van der Waals surface area contributed by atoms with Crippen molar-refractivity contribution in [1.82, 2.24) is 9.78 Å². The fraction of sp³-hybridized carbons (Fsp3) is 0.0909. The molecule has 1 aromatic carbocycles. The summed E-state index contributed by atoms with van der Waals surface area (Å²) in [7, 11) is 0. The van der Waals surface area contributed by atoms with Crippen molar-refractivity contribution in [2.24, 2.45) is 0 Å². The molecule has 0 radical (unpaired) electrons. The van der Waals surface area contributed by atoms with Gasteiger partial charge in [-0.15, -0.1) is 4.68 Å². The summed E-state index contributed by atoms with van der Waals surface area (Å²) in [6.07, 6.45) is -3.61. The van der Waals surface area contributed by atoms with Crippen molar-refractivity contribution in [3.05, 3.63) is 51.7 Å². The minimum atomic E-state index is -4.70. The van der Waals surface area contributed by atoms with Crippen LogP contribution < -0.4 is 0 Å². The number of rotatable bonds is 3. The van der Waals surface area contributed by atoms with Gasteiger partial charge >= 0.3 is 18.0 Å². The molecule has 1 aromatic heterocycles. The lowest BCUT2D eigenvalue weighted by atomic mass is 10.1. The Labute approximate surface area is 114 Å². The summed E-state index contributed by atoms with van der Waals surface area (Å²) < 4.78 is 38.5. The molecular weight excluding hydrogens is 295 g/mol. The predicted octanol–water partition coefficient (Wildman–Crippen LogP) is 2.50. The molecule has 21 heavy (non-hydrogen) atoms. The molecule has 10 heteroatoms. The van der Waals surface area contributed by atoms with Crippen LogP contribution in [0.3, 0.4) is 0 Å². The van der Waals surface area contributed by atoms with Crippen LogP contribution in [-0.2, 0) is 6.18 Å². The number of benzene rings is 1. The highest BCUT2D eigenvalue weighted by atomic mass is 19.4. The number of hydrogen-bond acceptors (Lipinski definition) is 4. The number of nitrogens with zero attached hydrogens (tertiary/aromatic N) is 3. The van der Waals surface area contributed by atoms with E-state index in [1.54, 1.807) is 0 Å². The molecule has 2 aromatic rings. The average molecular weight is 301 g/mol. The van der Waals surface area contributed by atoms with Crippen LogP contribution in [0.2, 0.25) is 0 Å². The normalized spacial score (nSPS) is 11.4. The largest absolute Gasteiger partial charge is 0.478 e. The first kappa shape index (κ1) is 14.5. The molecule has 0 aliphatic rings. The van der Waals surface area contributed by atoms with Crippen molar-refractivity contribution in [3.8, 4) is 5.69 Å². The Hall–Kier alpha value is -2.91. The Morgan fingerprint density at radius 2 is 2.00 bits per heavy atom. The Balaban J connectivity index is 2.57. The van der Waals surface area contributed by atoms with Gasteiger partial charge in [0, 0.05) is 0 Å². The second-order valence-corrected chi connectivity index (χ2v) is 3.91. The molecule has 0 saturated carbocycles. The van der Waals surface area contributed by atoms with Crippen LogP contribution in [0.15, 0.2) is 30.5 Å². The van der Waals surface area contributed by atoms with E-state index in [-0.39, 0.29) is 5.69 Å². The van der Waals surface area contributed by atoms with Crippen LogP contribution in [0.5, 0.6) is 0 Å². The van der Waals surface area contributed by atoms with Crippen LogP contribution in [-0.4, -0.2) is 25.8 Å². The first-order chi connectivity index (χ1) is 9.70. The molecule has 0 atom stereocenters. The molecule has 0 saturated heterocycles. The van der Waals surface area contributed by atoms with E-state index in [1.807, 2.05) is 0 Å². The summed E-state index contributed by atoms with van der Waals surface area (Å²) in [6.45, 7) is 0. The quantitative estimate of drug-likeness (QED) is 0.693. The smallest absolute Gasteiger partial charge is 0.416 e. The molecule has 0 fully saturated rings. The number of carboxylic acid groups (broad SMARTS) is 1. The van der Waals surface area contributed by atoms with Crippen LogP contribution in [0.4, 0.5) is 19.0 Å². The van der Waals surface area contributed by atoms with Crippen molar-refractivity contribution >= 4 is 11.8 Å². The summed E-state index contributed by atoms with van der Waals surface area (Å²) in [5.41, 5.74) is -2.00. The van der Waals surface area contributed by atoms with Gasteiger partial charge in [0.15, 0.2) is 0 Å². The molecule has 110 valence electrons. The van der Waals surface area contributed by atoms with E-state index >= 15 is 0 Å². The lowest BCUT2D eigenvalue weighted by Crippen LogP contribution is -2.11. The maximum absolute atomic E-state index is 12.6. The number of aromatic nitrogens is 2. The number of carbonyl (C=O) groups is 1. The summed E-state index contributed by atoms with van der Waals surface area (Å²) in [4.78, 5) is 20.8. The Kier molecular flexibility index (Phi) is 3.37. The molecule has 2 rings (SSSR count). The third-order valence-corrected chi connectivity index (χ3v) is 2.56. The van der Waals surface area contributed by atoms with Crippen molar-refractivity contribution in [1.29, 1.82) is 0 Å². The molecule has 0 amide bonds. The van der Waals surface area contributed by atoms with Gasteiger partial charge in [0.25, 0.3) is 0 Å². The van der Waals surface area contributed by atoms with Gasteiger partial charge in [0.05, 0.1) is 28.5 Å². The maximum atomic E-state index is 12.6. The Morgan fingerprint density at radius 1 is 1.33 bits per heavy atom. The lowest BCUT2D eigenvalue weighted by molar-refractivity contribution is -0.389. The second kappa shape index (κ2) is 4.89. The highest BCUT2D eigenvalue weighted by Gasteiger charge is 2.32. The van der Waals surface area contributed by atoms with Gasteiger partial charge in [-0.1, -0.05) is 0 Å². The number of nitro groups is 1. The number of hydrogen-bond donors (Lipinski definition) is 1. The van der Waals surface area contributed by atoms with Gasteiger partial charge in [-0.25, -0.2) is 4.79 Å². The minimum absolute atomic E-state index is 0.205. The zero-order valence-corrected chi connectivity index (χ0v) is 10.0. The van der Waals surface area contributed by atoms with E-state index in [0.717, 1.165) is 23.0 Å². The molecule has 1 heterocycles. The van der Waals surface area contributed by atoms with Crippen molar-refractivity contribution in [2.45, 2.75) is 6.18 Å². The monoisotopic (exact) mass is 301 g/mol. The van der Waals surface area contributed by atoms with E-state index in [2.05, 4.69) is 5.10 Å². The molecule has 0 aliphatic heterocycles. The first-order valence-corrected chi connectivity index (χ1v) is 5.35. The average Bonchev–Trinajstić information content (AvgIpc) is 2.86. The van der Waals surface area contributed by atoms with Gasteiger partial charge in [-0.3, -0.25) is 0 Å². The minimum Gasteiger partial charge on any atom is -0.478 e. The molecular formula is C11H6F3N3O4. The predicted molar refractivity (Wildman–Crippen MR) is 62.2 cm³/mol. The summed E-state index contributed by atoms with van der Waals surface area (Å²) in [6, 6.07) is 3.02. The summed E-state index contributed by atoms with van der Waals surface area (Å²) >= 11 is 0. The number of halogens is 3. The molecule has 1 N–H and O–H groups in total. The van der Waals surface area contributed by atoms with Crippen molar-refractivity contribution in [2.75, 3.05) is 0 Å². The van der Waals surface area contributed by atoms with E-state index in [1.165, 1.54) is 0 Å². The van der Waals surface area contributed by atoms with Crippen LogP contribution >= 0.6 is 0 Å². The second-order valence-electron chi connectivity index (χ2n) is 3.91. The molecule has 0 bridgehead atoms. The zero-order chi connectivity index (χ0) is 15.8. The number of alkyl halides is 3. The lowest BCUT2D eigenvalue weighted by Gasteiger charge is -2.09. The zero-order valence-electron chi connectivity index (χ0n) is 10.0. The van der Waals surface area contributed by atoms with Crippen molar-refractivity contribution in [3.63, 3.8) is 0 Å². The maximum Gasteiger partial charge on any atom is 0.416 e. The third kappa shape index (κ3) is 2.83. The highest BCUT2D eigenvalue weighted by molar-refractivity contribution is 5.92. The fourth-order valence-electron chi connectivity index (χ4n) is 1.63. The number of carboxylic acids is 1. The van der Waals surface area contributed by atoms with Crippen molar-refractivity contribution < 1.29 is 28.0 Å². The standard InChI is InChI=1S/C11H6F3N3O4/c12-11(13,14)6-1-2-8(7(5-6)10(18)19)16-4-3-9(15-16)17(20)21/h1-5H,(H,18,19). The third-order valence-electron chi connectivity index (χ3n) is 2.56. The molecule has 7 nitrogen and oxygen atoms in total. The highest BCUT2D eigenvalue weighted by Crippen LogP contribution is 2.31. The van der Waals surface area contributed by atoms with Gasteiger partial charge in [0.1, 0.15) is 5.69 Å². The van der Waals surface area contributed by atoms with E-state index < -0.39 is 34.0 Å². The SMILES string of the molecule is O=C(O)c1cc(C(F)(F)F)ccc1-n1ccc([N+](=O)[O-])n1.